The Kier molecular flexibility index (Phi) is 2.17. The molecule has 14 heavy (non-hydrogen) atoms. The Morgan fingerprint density at radius 2 is 2.14 bits per heavy atom. The molecule has 1 aromatic carbocycles. The van der Waals surface area contributed by atoms with Crippen molar-refractivity contribution in [1.29, 1.82) is 0 Å². The van der Waals surface area contributed by atoms with Gasteiger partial charge in [0.2, 0.25) is 0 Å². The standard InChI is InChI=1S/C10H9ClN2O/c1-14-7-3-2-6-4-9(11)13-10(12)8(6)5-7/h2-5H,1H3,(H2,12,13). The molecular formula is C10H9ClN2O. The molecule has 0 fully saturated rings. The summed E-state index contributed by atoms with van der Waals surface area (Å²) < 4.78 is 5.09. The summed E-state index contributed by atoms with van der Waals surface area (Å²) in [6.45, 7) is 0. The number of benzene rings is 1. The molecule has 0 bridgehead atoms. The van der Waals surface area contributed by atoms with Gasteiger partial charge in [-0.05, 0) is 23.6 Å². The molecule has 2 N–H and O–H groups in total. The van der Waals surface area contributed by atoms with Crippen LogP contribution in [0.25, 0.3) is 10.8 Å². The third-order valence-electron chi connectivity index (χ3n) is 2.04. The smallest absolute Gasteiger partial charge is 0.133 e. The van der Waals surface area contributed by atoms with Gasteiger partial charge in [-0.1, -0.05) is 17.7 Å². The van der Waals surface area contributed by atoms with Crippen molar-refractivity contribution in [3.8, 4) is 5.75 Å². The summed E-state index contributed by atoms with van der Waals surface area (Å²) >= 11 is 5.78. The highest BCUT2D eigenvalue weighted by Gasteiger charge is 2.02. The Morgan fingerprint density at radius 1 is 1.36 bits per heavy atom. The van der Waals surface area contributed by atoms with Gasteiger partial charge in [0.1, 0.15) is 16.7 Å². The van der Waals surface area contributed by atoms with Gasteiger partial charge in [0.25, 0.3) is 0 Å². The molecule has 0 aliphatic carbocycles. The van der Waals surface area contributed by atoms with Gasteiger partial charge in [-0.3, -0.25) is 0 Å². The van der Waals surface area contributed by atoms with E-state index in [9.17, 15) is 0 Å². The number of aromatic nitrogens is 1. The fraction of sp³-hybridized carbons (Fsp3) is 0.100. The fourth-order valence-electron chi connectivity index (χ4n) is 1.35. The van der Waals surface area contributed by atoms with Crippen molar-refractivity contribution < 1.29 is 4.74 Å². The maximum atomic E-state index is 5.78. The van der Waals surface area contributed by atoms with Crippen molar-refractivity contribution >= 4 is 28.2 Å². The molecule has 2 aromatic rings. The van der Waals surface area contributed by atoms with Gasteiger partial charge in [0, 0.05) is 5.39 Å². The summed E-state index contributed by atoms with van der Waals surface area (Å²) in [7, 11) is 1.61. The first-order chi connectivity index (χ1) is 6.70. The first-order valence-electron chi connectivity index (χ1n) is 4.10. The number of anilines is 1. The highest BCUT2D eigenvalue weighted by atomic mass is 35.5. The van der Waals surface area contributed by atoms with E-state index in [4.69, 9.17) is 22.1 Å². The number of fused-ring (bicyclic) bond motifs is 1. The zero-order valence-electron chi connectivity index (χ0n) is 7.62. The Balaban J connectivity index is 2.75. The molecule has 0 saturated heterocycles. The monoisotopic (exact) mass is 208 g/mol. The molecule has 0 aliphatic heterocycles. The first kappa shape index (κ1) is 9.09. The van der Waals surface area contributed by atoms with E-state index in [1.807, 2.05) is 18.2 Å². The molecule has 0 spiro atoms. The number of hydrogen-bond donors (Lipinski definition) is 1. The van der Waals surface area contributed by atoms with Crippen molar-refractivity contribution in [3.63, 3.8) is 0 Å². The van der Waals surface area contributed by atoms with Crippen LogP contribution in [-0.2, 0) is 0 Å². The second-order valence-corrected chi connectivity index (χ2v) is 3.30. The highest BCUT2D eigenvalue weighted by Crippen LogP contribution is 2.26. The molecule has 1 heterocycles. The van der Waals surface area contributed by atoms with Crippen molar-refractivity contribution in [3.05, 3.63) is 29.4 Å². The van der Waals surface area contributed by atoms with Crippen LogP contribution >= 0.6 is 11.6 Å². The molecule has 4 heteroatoms. The number of nitrogens with zero attached hydrogens (tertiary/aromatic N) is 1. The van der Waals surface area contributed by atoms with E-state index in [1.54, 1.807) is 13.2 Å². The molecule has 0 radical (unpaired) electrons. The topological polar surface area (TPSA) is 48.1 Å². The minimum absolute atomic E-state index is 0.403. The van der Waals surface area contributed by atoms with Gasteiger partial charge in [0.05, 0.1) is 7.11 Å². The van der Waals surface area contributed by atoms with Crippen LogP contribution in [-0.4, -0.2) is 12.1 Å². The summed E-state index contributed by atoms with van der Waals surface area (Å²) in [4.78, 5) is 3.96. The summed E-state index contributed by atoms with van der Waals surface area (Å²) in [6, 6.07) is 7.37. The lowest BCUT2D eigenvalue weighted by molar-refractivity contribution is 0.415. The lowest BCUT2D eigenvalue weighted by Crippen LogP contribution is -1.92. The number of nitrogens with two attached hydrogens (primary N) is 1. The van der Waals surface area contributed by atoms with Crippen molar-refractivity contribution in [2.75, 3.05) is 12.8 Å². The quantitative estimate of drug-likeness (QED) is 0.733. The van der Waals surface area contributed by atoms with Crippen LogP contribution < -0.4 is 10.5 Å². The molecule has 0 unspecified atom stereocenters. The lowest BCUT2D eigenvalue weighted by atomic mass is 10.1. The molecule has 0 amide bonds. The third kappa shape index (κ3) is 1.46. The largest absolute Gasteiger partial charge is 0.497 e. The molecule has 0 atom stereocenters. The Morgan fingerprint density at radius 3 is 2.86 bits per heavy atom. The summed E-state index contributed by atoms with van der Waals surface area (Å²) in [5, 5.41) is 2.22. The van der Waals surface area contributed by atoms with E-state index in [1.165, 1.54) is 0 Å². The van der Waals surface area contributed by atoms with Crippen LogP contribution in [0.5, 0.6) is 5.75 Å². The van der Waals surface area contributed by atoms with Crippen molar-refractivity contribution in [1.82, 2.24) is 4.98 Å². The maximum absolute atomic E-state index is 5.78. The van der Waals surface area contributed by atoms with E-state index in [0.717, 1.165) is 16.5 Å². The second-order valence-electron chi connectivity index (χ2n) is 2.92. The van der Waals surface area contributed by atoms with Gasteiger partial charge >= 0.3 is 0 Å². The normalized spacial score (nSPS) is 10.4. The minimum atomic E-state index is 0.403. The molecule has 1 aromatic heterocycles. The highest BCUT2D eigenvalue weighted by molar-refractivity contribution is 6.30. The molecule has 0 saturated carbocycles. The Hall–Kier alpha value is -1.48. The SMILES string of the molecule is COc1ccc2cc(Cl)nc(N)c2c1. The van der Waals surface area contributed by atoms with E-state index in [2.05, 4.69) is 4.98 Å². The van der Waals surface area contributed by atoms with E-state index >= 15 is 0 Å². The van der Waals surface area contributed by atoms with Gasteiger partial charge in [-0.2, -0.15) is 0 Å². The van der Waals surface area contributed by atoms with Crippen LogP contribution in [0.1, 0.15) is 0 Å². The van der Waals surface area contributed by atoms with Crippen LogP contribution in [0.3, 0.4) is 0 Å². The number of halogens is 1. The predicted octanol–water partition coefficient (Wildman–Crippen LogP) is 2.48. The summed E-state index contributed by atoms with van der Waals surface area (Å²) in [5.41, 5.74) is 5.73. The fourth-order valence-corrected chi connectivity index (χ4v) is 1.55. The zero-order valence-corrected chi connectivity index (χ0v) is 8.38. The number of hydrogen-bond acceptors (Lipinski definition) is 3. The zero-order chi connectivity index (χ0) is 10.1. The molecule has 72 valence electrons. The van der Waals surface area contributed by atoms with Crippen molar-refractivity contribution in [2.24, 2.45) is 0 Å². The van der Waals surface area contributed by atoms with Gasteiger partial charge < -0.3 is 10.5 Å². The van der Waals surface area contributed by atoms with E-state index in [0.29, 0.717) is 11.0 Å². The molecular weight excluding hydrogens is 200 g/mol. The molecule has 3 nitrogen and oxygen atoms in total. The summed E-state index contributed by atoms with van der Waals surface area (Å²) in [5.74, 6) is 1.18. The number of pyridine rings is 1. The summed E-state index contributed by atoms with van der Waals surface area (Å²) in [6.07, 6.45) is 0. The van der Waals surface area contributed by atoms with Crippen LogP contribution in [0.2, 0.25) is 5.15 Å². The minimum Gasteiger partial charge on any atom is -0.497 e. The van der Waals surface area contributed by atoms with Crippen molar-refractivity contribution in [2.45, 2.75) is 0 Å². The first-order valence-corrected chi connectivity index (χ1v) is 4.48. The lowest BCUT2D eigenvalue weighted by Gasteiger charge is -2.04. The van der Waals surface area contributed by atoms with Gasteiger partial charge in [-0.25, -0.2) is 4.98 Å². The second kappa shape index (κ2) is 3.35. The van der Waals surface area contributed by atoms with E-state index in [-0.39, 0.29) is 0 Å². The van der Waals surface area contributed by atoms with Crippen LogP contribution in [0.4, 0.5) is 5.82 Å². The molecule has 2 rings (SSSR count). The number of nitrogen functional groups attached to an aromatic ring is 1. The van der Waals surface area contributed by atoms with Gasteiger partial charge in [0.15, 0.2) is 0 Å². The van der Waals surface area contributed by atoms with Crippen LogP contribution in [0.15, 0.2) is 24.3 Å². The third-order valence-corrected chi connectivity index (χ3v) is 2.23. The molecule has 0 aliphatic rings. The Labute approximate surface area is 86.5 Å². The average molecular weight is 209 g/mol. The predicted molar refractivity (Wildman–Crippen MR) is 57.7 cm³/mol. The average Bonchev–Trinajstić information content (AvgIpc) is 2.17. The number of methoxy groups -OCH3 is 1. The number of ether oxygens (including phenoxy) is 1. The Bertz CT molecular complexity index is 485. The van der Waals surface area contributed by atoms with E-state index < -0.39 is 0 Å². The van der Waals surface area contributed by atoms with Gasteiger partial charge in [-0.15, -0.1) is 0 Å². The number of rotatable bonds is 1. The van der Waals surface area contributed by atoms with Crippen LogP contribution in [0, 0.1) is 0 Å². The maximum Gasteiger partial charge on any atom is 0.133 e.